The van der Waals surface area contributed by atoms with Crippen molar-refractivity contribution < 1.29 is 31.6 Å². The number of rotatable bonds is 5. The Kier molecular flexibility index (Phi) is 5.69. The minimum atomic E-state index is -4.59. The van der Waals surface area contributed by atoms with Crippen molar-refractivity contribution in [1.82, 2.24) is 5.32 Å². The molecule has 0 saturated carbocycles. The van der Waals surface area contributed by atoms with Crippen molar-refractivity contribution in [1.29, 1.82) is 0 Å². The maximum Gasteiger partial charge on any atom is 0.405 e. The molecule has 2 N–H and O–H groups in total. The number of halogens is 4. The van der Waals surface area contributed by atoms with Crippen LogP contribution in [0.3, 0.4) is 0 Å². The van der Waals surface area contributed by atoms with Crippen molar-refractivity contribution in [2.45, 2.75) is 26.4 Å². The number of alkyl halides is 3. The lowest BCUT2D eigenvalue weighted by Crippen LogP contribution is -2.33. The van der Waals surface area contributed by atoms with Crippen LogP contribution in [-0.4, -0.2) is 24.5 Å². The predicted molar refractivity (Wildman–Crippen MR) is 85.6 cm³/mol. The Morgan fingerprint density at radius 2 is 1.85 bits per heavy atom. The lowest BCUT2D eigenvalue weighted by Gasteiger charge is -2.12. The quantitative estimate of drug-likeness (QED) is 0.784. The molecular weight excluding hydrogens is 356 g/mol. The standard InChI is InChI=1S/C17H16F4N2O3/c1-3-11-4-5-14(26-11)16(25)23-13-7-10(6-12(18)9(13)2)15(24)22-8-17(19,20)21/h4-7H,3,8H2,1-2H3,(H,22,24)(H,23,25). The molecule has 1 heterocycles. The number of carbonyl (C=O) groups is 2. The first-order chi connectivity index (χ1) is 12.1. The summed E-state index contributed by atoms with van der Waals surface area (Å²) in [6.07, 6.45) is -4.01. The second kappa shape index (κ2) is 7.59. The molecule has 0 aliphatic heterocycles. The second-order valence-corrected chi connectivity index (χ2v) is 5.50. The van der Waals surface area contributed by atoms with E-state index in [1.54, 1.807) is 11.4 Å². The second-order valence-electron chi connectivity index (χ2n) is 5.50. The van der Waals surface area contributed by atoms with Crippen LogP contribution in [0.2, 0.25) is 0 Å². The van der Waals surface area contributed by atoms with Gasteiger partial charge >= 0.3 is 6.18 Å². The Morgan fingerprint density at radius 1 is 1.15 bits per heavy atom. The topological polar surface area (TPSA) is 71.3 Å². The maximum absolute atomic E-state index is 14.0. The van der Waals surface area contributed by atoms with Gasteiger partial charge in [0.2, 0.25) is 0 Å². The van der Waals surface area contributed by atoms with Gasteiger partial charge in [0.25, 0.3) is 11.8 Å². The van der Waals surface area contributed by atoms with E-state index in [9.17, 15) is 27.2 Å². The molecule has 5 nitrogen and oxygen atoms in total. The molecule has 1 aromatic carbocycles. The first kappa shape index (κ1) is 19.5. The molecule has 0 bridgehead atoms. The highest BCUT2D eigenvalue weighted by Gasteiger charge is 2.28. The van der Waals surface area contributed by atoms with Gasteiger partial charge in [-0.25, -0.2) is 4.39 Å². The Bertz CT molecular complexity index is 828. The normalized spacial score (nSPS) is 11.3. The average Bonchev–Trinajstić information content (AvgIpc) is 3.05. The van der Waals surface area contributed by atoms with Gasteiger partial charge in [-0.3, -0.25) is 9.59 Å². The van der Waals surface area contributed by atoms with E-state index in [-0.39, 0.29) is 22.6 Å². The van der Waals surface area contributed by atoms with Crippen LogP contribution in [0.1, 0.15) is 39.2 Å². The zero-order valence-electron chi connectivity index (χ0n) is 14.0. The highest BCUT2D eigenvalue weighted by atomic mass is 19.4. The Hall–Kier alpha value is -2.84. The summed E-state index contributed by atoms with van der Waals surface area (Å²) in [5, 5.41) is 4.04. The molecule has 0 atom stereocenters. The highest BCUT2D eigenvalue weighted by molar-refractivity contribution is 6.04. The molecule has 0 aliphatic carbocycles. The molecule has 0 fully saturated rings. The van der Waals surface area contributed by atoms with E-state index in [1.807, 2.05) is 6.92 Å². The Labute approximate surface area is 146 Å². The molecule has 0 aliphatic rings. The van der Waals surface area contributed by atoms with Gasteiger partial charge in [0.05, 0.1) is 0 Å². The van der Waals surface area contributed by atoms with Crippen molar-refractivity contribution in [3.63, 3.8) is 0 Å². The van der Waals surface area contributed by atoms with Crippen LogP contribution in [0.5, 0.6) is 0 Å². The van der Waals surface area contributed by atoms with Gasteiger partial charge in [0.15, 0.2) is 5.76 Å². The van der Waals surface area contributed by atoms with E-state index >= 15 is 0 Å². The van der Waals surface area contributed by atoms with Crippen molar-refractivity contribution in [2.24, 2.45) is 0 Å². The first-order valence-corrected chi connectivity index (χ1v) is 7.66. The lowest BCUT2D eigenvalue weighted by molar-refractivity contribution is -0.123. The number of hydrogen-bond donors (Lipinski definition) is 2. The summed E-state index contributed by atoms with van der Waals surface area (Å²) in [7, 11) is 0. The fraction of sp³-hybridized carbons (Fsp3) is 0.294. The predicted octanol–water partition coefficient (Wildman–Crippen LogP) is 3.83. The molecule has 2 rings (SSSR count). The number of hydrogen-bond acceptors (Lipinski definition) is 3. The number of anilines is 1. The zero-order valence-corrected chi connectivity index (χ0v) is 14.0. The number of benzene rings is 1. The third-order valence-corrected chi connectivity index (χ3v) is 3.54. The maximum atomic E-state index is 14.0. The van der Waals surface area contributed by atoms with Crippen LogP contribution in [-0.2, 0) is 6.42 Å². The minimum Gasteiger partial charge on any atom is -0.456 e. The number of nitrogens with one attached hydrogen (secondary N) is 2. The molecule has 0 saturated heterocycles. The van der Waals surface area contributed by atoms with Gasteiger partial charge in [-0.05, 0) is 31.2 Å². The van der Waals surface area contributed by atoms with E-state index in [2.05, 4.69) is 5.32 Å². The van der Waals surface area contributed by atoms with E-state index in [4.69, 9.17) is 4.42 Å². The molecule has 0 radical (unpaired) electrons. The van der Waals surface area contributed by atoms with Crippen molar-refractivity contribution in [2.75, 3.05) is 11.9 Å². The van der Waals surface area contributed by atoms with Crippen molar-refractivity contribution in [3.8, 4) is 0 Å². The largest absolute Gasteiger partial charge is 0.456 e. The van der Waals surface area contributed by atoms with E-state index in [1.165, 1.54) is 13.0 Å². The molecular formula is C17H16F4N2O3. The third-order valence-electron chi connectivity index (χ3n) is 3.54. The van der Waals surface area contributed by atoms with Gasteiger partial charge < -0.3 is 15.1 Å². The van der Waals surface area contributed by atoms with Crippen LogP contribution in [0, 0.1) is 12.7 Å². The molecule has 0 spiro atoms. The molecule has 1 aromatic heterocycles. The summed E-state index contributed by atoms with van der Waals surface area (Å²) in [6.45, 7) is 1.65. The van der Waals surface area contributed by atoms with Crippen LogP contribution < -0.4 is 10.6 Å². The van der Waals surface area contributed by atoms with Crippen LogP contribution >= 0.6 is 0 Å². The number of carbonyl (C=O) groups excluding carboxylic acids is 2. The van der Waals surface area contributed by atoms with Crippen LogP contribution in [0.25, 0.3) is 0 Å². The molecule has 140 valence electrons. The lowest BCUT2D eigenvalue weighted by atomic mass is 10.1. The number of furan rings is 1. The first-order valence-electron chi connectivity index (χ1n) is 7.66. The number of aryl methyl sites for hydroxylation is 1. The van der Waals surface area contributed by atoms with Crippen molar-refractivity contribution in [3.05, 3.63) is 52.7 Å². The SMILES string of the molecule is CCc1ccc(C(=O)Nc2cc(C(=O)NCC(F)(F)F)cc(F)c2C)o1. The summed E-state index contributed by atoms with van der Waals surface area (Å²) in [4.78, 5) is 24.0. The summed E-state index contributed by atoms with van der Waals surface area (Å²) < 4.78 is 55.9. The molecule has 9 heteroatoms. The van der Waals surface area contributed by atoms with Gasteiger partial charge in [-0.15, -0.1) is 0 Å². The molecule has 26 heavy (non-hydrogen) atoms. The smallest absolute Gasteiger partial charge is 0.405 e. The van der Waals surface area contributed by atoms with Gasteiger partial charge in [-0.1, -0.05) is 6.92 Å². The average molecular weight is 372 g/mol. The van der Waals surface area contributed by atoms with Gasteiger partial charge in [0, 0.05) is 23.2 Å². The summed E-state index contributed by atoms with van der Waals surface area (Å²) >= 11 is 0. The highest BCUT2D eigenvalue weighted by Crippen LogP contribution is 2.22. The minimum absolute atomic E-state index is 0.00594. The third kappa shape index (κ3) is 4.84. The van der Waals surface area contributed by atoms with E-state index < -0.39 is 30.4 Å². The van der Waals surface area contributed by atoms with E-state index in [0.717, 1.165) is 12.1 Å². The molecule has 0 unspecified atom stereocenters. The van der Waals surface area contributed by atoms with Crippen molar-refractivity contribution >= 4 is 17.5 Å². The zero-order chi connectivity index (χ0) is 19.5. The van der Waals surface area contributed by atoms with E-state index in [0.29, 0.717) is 12.2 Å². The summed E-state index contributed by atoms with van der Waals surface area (Å²) in [5.41, 5.74) is -0.351. The fourth-order valence-corrected chi connectivity index (χ4v) is 2.10. The fourth-order valence-electron chi connectivity index (χ4n) is 2.10. The Morgan fingerprint density at radius 3 is 2.42 bits per heavy atom. The molecule has 2 amide bonds. The van der Waals surface area contributed by atoms with Crippen LogP contribution in [0.4, 0.5) is 23.2 Å². The van der Waals surface area contributed by atoms with Gasteiger partial charge in [-0.2, -0.15) is 13.2 Å². The molecule has 2 aromatic rings. The van der Waals surface area contributed by atoms with Gasteiger partial charge in [0.1, 0.15) is 18.1 Å². The monoisotopic (exact) mass is 372 g/mol. The number of amides is 2. The van der Waals surface area contributed by atoms with Crippen LogP contribution in [0.15, 0.2) is 28.7 Å². The summed E-state index contributed by atoms with van der Waals surface area (Å²) in [6, 6.07) is 4.97. The Balaban J connectivity index is 2.21. The summed E-state index contributed by atoms with van der Waals surface area (Å²) in [5.74, 6) is -2.04.